The molecular formula is C42H64N6O4. The molecule has 0 aliphatic heterocycles. The summed E-state index contributed by atoms with van der Waals surface area (Å²) in [6, 6.07) is 3.85. The van der Waals surface area contributed by atoms with Crippen LogP contribution in [0.4, 0.5) is 0 Å². The molecule has 0 spiro atoms. The summed E-state index contributed by atoms with van der Waals surface area (Å²) < 4.78 is 0. The van der Waals surface area contributed by atoms with Crippen molar-refractivity contribution in [1.29, 1.82) is 0 Å². The minimum Gasteiger partial charge on any atom is -0.507 e. The van der Waals surface area contributed by atoms with E-state index in [4.69, 9.17) is 0 Å². The van der Waals surface area contributed by atoms with E-state index in [1.54, 1.807) is 12.4 Å². The molecule has 2 aromatic carbocycles. The summed E-state index contributed by atoms with van der Waals surface area (Å²) in [7, 11) is 0. The molecule has 52 heavy (non-hydrogen) atoms. The van der Waals surface area contributed by atoms with Crippen molar-refractivity contribution in [3.8, 4) is 23.0 Å². The van der Waals surface area contributed by atoms with Crippen LogP contribution in [0.15, 0.2) is 42.1 Å². The summed E-state index contributed by atoms with van der Waals surface area (Å²) in [6.07, 6.45) is 23.9. The minimum atomic E-state index is -0.247. The van der Waals surface area contributed by atoms with Crippen LogP contribution in [0.2, 0.25) is 0 Å². The number of unbranched alkanes of at least 4 members (excludes halogenated alkanes) is 9. The van der Waals surface area contributed by atoms with Gasteiger partial charge < -0.3 is 20.4 Å². The van der Waals surface area contributed by atoms with E-state index in [0.29, 0.717) is 37.3 Å². The third-order valence-corrected chi connectivity index (χ3v) is 8.47. The van der Waals surface area contributed by atoms with Crippen molar-refractivity contribution in [3.05, 3.63) is 45.5 Å². The Bertz CT molecular complexity index is 1450. The monoisotopic (exact) mass is 716 g/mol. The molecule has 0 heterocycles. The molecule has 0 saturated heterocycles. The van der Waals surface area contributed by atoms with E-state index < -0.39 is 0 Å². The Morgan fingerprint density at radius 2 is 0.654 bits per heavy atom. The highest BCUT2D eigenvalue weighted by atomic mass is 16.3. The fraction of sp³-hybridized carbons (Fsp3) is 0.571. The average Bonchev–Trinajstić information content (AvgIpc) is 3.14. The maximum absolute atomic E-state index is 10.9. The van der Waals surface area contributed by atoms with Gasteiger partial charge in [0.2, 0.25) is 0 Å². The number of aromatic hydroxyl groups is 4. The van der Waals surface area contributed by atoms with Crippen LogP contribution in [-0.4, -0.2) is 97.0 Å². The summed E-state index contributed by atoms with van der Waals surface area (Å²) in [4.78, 5) is 26.8. The first-order valence-corrected chi connectivity index (χ1v) is 19.6. The molecule has 0 aromatic heterocycles. The fourth-order valence-electron chi connectivity index (χ4n) is 5.19. The summed E-state index contributed by atoms with van der Waals surface area (Å²) in [5, 5.41) is 43.6. The van der Waals surface area contributed by atoms with Gasteiger partial charge in [-0.15, -0.1) is 0 Å². The van der Waals surface area contributed by atoms with E-state index in [9.17, 15) is 20.4 Å². The zero-order valence-electron chi connectivity index (χ0n) is 32.2. The van der Waals surface area contributed by atoms with Crippen LogP contribution >= 0.6 is 0 Å². The molecule has 0 bridgehead atoms. The molecule has 0 atom stereocenters. The van der Waals surface area contributed by atoms with Gasteiger partial charge in [-0.25, -0.2) is 0 Å². The van der Waals surface area contributed by atoms with Gasteiger partial charge in [0.25, 0.3) is 0 Å². The topological polar surface area (TPSA) is 155 Å². The molecule has 2 rings (SSSR count). The standard InChI is InChI=1S/C42H64N6O4/c1-5-9-19-43-27-33-25-34(28-44-20-10-6-2)39(49)35(26-33)29-45-23-17-15-13-14-16-18-24-48-32-38-41(51)36(30-46-21-11-7-3)40(50)37(42(38)52)31-47-22-12-8-4/h25-32,49-52H,5-24H2,1-4H3. The molecule has 0 aliphatic carbocycles. The second-order valence-corrected chi connectivity index (χ2v) is 13.1. The second kappa shape index (κ2) is 27.3. The van der Waals surface area contributed by atoms with Gasteiger partial charge in [-0.3, -0.25) is 30.0 Å². The highest BCUT2D eigenvalue weighted by Crippen LogP contribution is 2.39. The molecule has 286 valence electrons. The Labute approximate surface area is 312 Å². The maximum atomic E-state index is 10.9. The lowest BCUT2D eigenvalue weighted by Gasteiger charge is -2.12. The summed E-state index contributed by atoms with van der Waals surface area (Å²) in [5.41, 5.74) is 2.77. The molecule has 0 unspecified atom stereocenters. The number of benzene rings is 2. The summed E-state index contributed by atoms with van der Waals surface area (Å²) in [5.74, 6) is -0.542. The molecule has 0 aliphatic rings. The van der Waals surface area contributed by atoms with Crippen LogP contribution in [-0.2, 0) is 0 Å². The predicted molar refractivity (Wildman–Crippen MR) is 222 cm³/mol. The lowest BCUT2D eigenvalue weighted by Crippen LogP contribution is -1.99. The van der Waals surface area contributed by atoms with Crippen LogP contribution in [0, 0.1) is 0 Å². The molecule has 10 nitrogen and oxygen atoms in total. The van der Waals surface area contributed by atoms with Crippen LogP contribution in [0.1, 0.15) is 151 Å². The minimum absolute atomic E-state index is 0.156. The van der Waals surface area contributed by atoms with Crippen molar-refractivity contribution in [3.63, 3.8) is 0 Å². The van der Waals surface area contributed by atoms with Crippen molar-refractivity contribution >= 4 is 37.3 Å². The Kier molecular flexibility index (Phi) is 23.0. The van der Waals surface area contributed by atoms with Gasteiger partial charge in [0.05, 0.1) is 16.7 Å². The number of rotatable bonds is 27. The molecule has 4 N–H and O–H groups in total. The van der Waals surface area contributed by atoms with E-state index in [0.717, 1.165) is 109 Å². The number of phenolic OH excluding ortho intramolecular Hbond substituents is 4. The third-order valence-electron chi connectivity index (χ3n) is 8.47. The maximum Gasteiger partial charge on any atom is 0.140 e. The fourth-order valence-corrected chi connectivity index (χ4v) is 5.19. The molecular weight excluding hydrogens is 653 g/mol. The van der Waals surface area contributed by atoms with Gasteiger partial charge in [0.1, 0.15) is 23.0 Å². The van der Waals surface area contributed by atoms with Crippen LogP contribution in [0.5, 0.6) is 23.0 Å². The lowest BCUT2D eigenvalue weighted by molar-refractivity contribution is 0.424. The first-order chi connectivity index (χ1) is 25.4. The predicted octanol–water partition coefficient (Wildman–Crippen LogP) is 9.26. The molecule has 10 heteroatoms. The van der Waals surface area contributed by atoms with Gasteiger partial charge in [-0.05, 0) is 56.2 Å². The van der Waals surface area contributed by atoms with E-state index in [1.807, 2.05) is 18.3 Å². The van der Waals surface area contributed by atoms with Crippen LogP contribution < -0.4 is 0 Å². The average molecular weight is 717 g/mol. The Hall–Kier alpha value is -4.34. The molecule has 0 saturated carbocycles. The van der Waals surface area contributed by atoms with Gasteiger partial charge in [-0.2, -0.15) is 0 Å². The molecule has 0 fully saturated rings. The van der Waals surface area contributed by atoms with Gasteiger partial charge in [0, 0.05) is 87.7 Å². The SMILES string of the molecule is CCCCN=Cc1cc(C=NCCCC)c(O)c(C=NCCCCCCCCN=Cc2c(O)c(C=NCCCC)c(O)c(C=NCCCC)c2O)c1. The molecule has 2 aromatic rings. The zero-order valence-corrected chi connectivity index (χ0v) is 32.2. The van der Waals surface area contributed by atoms with E-state index in [-0.39, 0.29) is 39.7 Å². The van der Waals surface area contributed by atoms with Crippen molar-refractivity contribution in [2.24, 2.45) is 30.0 Å². The Morgan fingerprint density at radius 3 is 1.00 bits per heavy atom. The normalized spacial score (nSPS) is 12.5. The molecule has 0 radical (unpaired) electrons. The summed E-state index contributed by atoms with van der Waals surface area (Å²) >= 11 is 0. The first kappa shape index (κ1) is 43.8. The van der Waals surface area contributed by atoms with Gasteiger partial charge in [-0.1, -0.05) is 79.1 Å². The number of aliphatic imine (C=N–C) groups is 6. The van der Waals surface area contributed by atoms with Crippen molar-refractivity contribution in [2.45, 2.75) is 118 Å². The van der Waals surface area contributed by atoms with Crippen molar-refractivity contribution in [1.82, 2.24) is 0 Å². The molecule has 0 amide bonds. The van der Waals surface area contributed by atoms with Crippen molar-refractivity contribution < 1.29 is 20.4 Å². The summed E-state index contributed by atoms with van der Waals surface area (Å²) in [6.45, 7) is 12.4. The largest absolute Gasteiger partial charge is 0.507 e. The van der Waals surface area contributed by atoms with E-state index in [2.05, 4.69) is 57.6 Å². The number of phenols is 4. The third kappa shape index (κ3) is 16.3. The van der Waals surface area contributed by atoms with Gasteiger partial charge in [0.15, 0.2) is 0 Å². The zero-order chi connectivity index (χ0) is 37.8. The smallest absolute Gasteiger partial charge is 0.140 e. The lowest BCUT2D eigenvalue weighted by atomic mass is 10.0. The second-order valence-electron chi connectivity index (χ2n) is 13.1. The van der Waals surface area contributed by atoms with Crippen molar-refractivity contribution in [2.75, 3.05) is 39.3 Å². The highest BCUT2D eigenvalue weighted by Gasteiger charge is 2.21. The number of nitrogens with zero attached hydrogens (tertiary/aromatic N) is 6. The Morgan fingerprint density at radius 1 is 0.365 bits per heavy atom. The van der Waals surface area contributed by atoms with Crippen LogP contribution in [0.3, 0.4) is 0 Å². The Balaban J connectivity index is 1.89. The van der Waals surface area contributed by atoms with E-state index >= 15 is 0 Å². The quantitative estimate of drug-likeness (QED) is 0.0537. The van der Waals surface area contributed by atoms with Gasteiger partial charge >= 0.3 is 0 Å². The van der Waals surface area contributed by atoms with Crippen LogP contribution in [0.25, 0.3) is 0 Å². The number of hydrogen-bond donors (Lipinski definition) is 4. The highest BCUT2D eigenvalue weighted by molar-refractivity contribution is 6.03. The van der Waals surface area contributed by atoms with E-state index in [1.165, 1.54) is 18.6 Å². The number of hydrogen-bond acceptors (Lipinski definition) is 10. The first-order valence-electron chi connectivity index (χ1n) is 19.6.